The number of benzene rings is 1. The monoisotopic (exact) mass is 338 g/mol. The van der Waals surface area contributed by atoms with Gasteiger partial charge in [0.05, 0.1) is 0 Å². The second-order valence-corrected chi connectivity index (χ2v) is 6.61. The van der Waals surface area contributed by atoms with Gasteiger partial charge >= 0.3 is 0 Å². The minimum atomic E-state index is -0.858. The zero-order chi connectivity index (χ0) is 14.9. The van der Waals surface area contributed by atoms with E-state index in [1.807, 2.05) is 31.2 Å². The van der Waals surface area contributed by atoms with Crippen LogP contribution in [0.3, 0.4) is 0 Å². The fourth-order valence-corrected chi connectivity index (χ4v) is 2.84. The Morgan fingerprint density at radius 3 is 2.65 bits per heavy atom. The highest BCUT2D eigenvalue weighted by molar-refractivity contribution is 9.10. The predicted molar refractivity (Wildman–Crippen MR) is 81.0 cm³/mol. The summed E-state index contributed by atoms with van der Waals surface area (Å²) in [6.07, 6.45) is 0.333. The molecule has 0 aromatic heterocycles. The number of hydrogen-bond donors (Lipinski definition) is 1. The summed E-state index contributed by atoms with van der Waals surface area (Å²) in [6, 6.07) is 7.71. The molecular formula is C15H19BrN2O2. The van der Waals surface area contributed by atoms with Crippen molar-refractivity contribution in [1.29, 1.82) is 0 Å². The van der Waals surface area contributed by atoms with Gasteiger partial charge in [-0.1, -0.05) is 34.1 Å². The van der Waals surface area contributed by atoms with E-state index in [9.17, 15) is 9.59 Å². The van der Waals surface area contributed by atoms with Crippen LogP contribution in [0.25, 0.3) is 0 Å². The van der Waals surface area contributed by atoms with Crippen molar-refractivity contribution in [2.24, 2.45) is 0 Å². The molecular weight excluding hydrogens is 320 g/mol. The van der Waals surface area contributed by atoms with Gasteiger partial charge in [0.1, 0.15) is 5.54 Å². The minimum absolute atomic E-state index is 0.0494. The lowest BCUT2D eigenvalue weighted by atomic mass is 10.0. The maximum Gasteiger partial charge on any atom is 0.248 e. The van der Waals surface area contributed by atoms with Crippen LogP contribution in [0, 0.1) is 0 Å². The molecule has 1 aromatic carbocycles. The Kier molecular flexibility index (Phi) is 4.18. The summed E-state index contributed by atoms with van der Waals surface area (Å²) in [5.74, 6) is -0.128. The summed E-state index contributed by atoms with van der Waals surface area (Å²) in [4.78, 5) is 26.2. The number of nitrogens with zero attached hydrogens (tertiary/aromatic N) is 1. The molecule has 1 fully saturated rings. The van der Waals surface area contributed by atoms with Gasteiger partial charge in [-0.3, -0.25) is 9.59 Å². The Morgan fingerprint density at radius 1 is 1.35 bits per heavy atom. The van der Waals surface area contributed by atoms with Crippen LogP contribution in [0.1, 0.15) is 32.8 Å². The molecule has 1 saturated heterocycles. The van der Waals surface area contributed by atoms with Crippen molar-refractivity contribution in [2.45, 2.75) is 45.3 Å². The molecule has 108 valence electrons. The van der Waals surface area contributed by atoms with Crippen LogP contribution in [-0.4, -0.2) is 28.3 Å². The molecule has 2 amide bonds. The molecule has 1 heterocycles. The fraction of sp³-hybridized carbons (Fsp3) is 0.467. The smallest absolute Gasteiger partial charge is 0.248 e. The summed E-state index contributed by atoms with van der Waals surface area (Å²) in [5.41, 5.74) is 0.182. The standard InChI is InChI=1S/C15H19BrN2O2/c1-10-8-13(19)17-15(2,3)14(20)18(10)9-11-6-4-5-7-12(11)16/h4-7,10H,8-9H2,1-3H3,(H,17,19). The van der Waals surface area contributed by atoms with Crippen LogP contribution in [0.4, 0.5) is 0 Å². The third-order valence-corrected chi connectivity index (χ3v) is 4.33. The first kappa shape index (κ1) is 15.0. The van der Waals surface area contributed by atoms with Gasteiger partial charge in [-0.2, -0.15) is 0 Å². The molecule has 0 bridgehead atoms. The number of hydrogen-bond acceptors (Lipinski definition) is 2. The van der Waals surface area contributed by atoms with Gasteiger partial charge in [-0.25, -0.2) is 0 Å². The number of carbonyl (C=O) groups excluding carboxylic acids is 2. The molecule has 0 aliphatic carbocycles. The van der Waals surface area contributed by atoms with Crippen LogP contribution < -0.4 is 5.32 Å². The lowest BCUT2D eigenvalue weighted by molar-refractivity contribution is -0.139. The Balaban J connectivity index is 2.30. The second-order valence-electron chi connectivity index (χ2n) is 5.75. The maximum atomic E-state index is 12.6. The van der Waals surface area contributed by atoms with E-state index in [1.54, 1.807) is 18.7 Å². The van der Waals surface area contributed by atoms with Gasteiger partial charge in [0.2, 0.25) is 11.8 Å². The molecule has 1 aliphatic rings. The Bertz CT molecular complexity index is 542. The van der Waals surface area contributed by atoms with Crippen LogP contribution in [0.5, 0.6) is 0 Å². The topological polar surface area (TPSA) is 49.4 Å². The molecule has 5 heteroatoms. The Hall–Kier alpha value is -1.36. The van der Waals surface area contributed by atoms with Gasteiger partial charge in [0, 0.05) is 23.5 Å². The highest BCUT2D eigenvalue weighted by Crippen LogP contribution is 2.24. The molecule has 1 N–H and O–H groups in total. The van der Waals surface area contributed by atoms with Crippen molar-refractivity contribution >= 4 is 27.7 Å². The lowest BCUT2D eigenvalue weighted by Gasteiger charge is -2.32. The maximum absolute atomic E-state index is 12.6. The molecule has 0 spiro atoms. The number of rotatable bonds is 2. The minimum Gasteiger partial charge on any atom is -0.342 e. The average molecular weight is 339 g/mol. The first-order valence-electron chi connectivity index (χ1n) is 6.67. The summed E-state index contributed by atoms with van der Waals surface area (Å²) in [6.45, 7) is 5.91. The summed E-state index contributed by atoms with van der Waals surface area (Å²) >= 11 is 3.50. The molecule has 1 aromatic rings. The summed E-state index contributed by atoms with van der Waals surface area (Å²) < 4.78 is 0.973. The van der Waals surface area contributed by atoms with Crippen LogP contribution in [0.15, 0.2) is 28.7 Å². The molecule has 0 saturated carbocycles. The number of amides is 2. The van der Waals surface area contributed by atoms with Gasteiger partial charge in [0.15, 0.2) is 0 Å². The van der Waals surface area contributed by atoms with E-state index in [0.29, 0.717) is 13.0 Å². The van der Waals surface area contributed by atoms with Crippen molar-refractivity contribution in [3.05, 3.63) is 34.3 Å². The second kappa shape index (κ2) is 5.56. The predicted octanol–water partition coefficient (Wildman–Crippen LogP) is 2.46. The van der Waals surface area contributed by atoms with Crippen molar-refractivity contribution in [1.82, 2.24) is 10.2 Å². The molecule has 1 unspecified atom stereocenters. The van der Waals surface area contributed by atoms with E-state index in [2.05, 4.69) is 21.2 Å². The summed E-state index contributed by atoms with van der Waals surface area (Å²) in [7, 11) is 0. The van der Waals surface area contributed by atoms with Crippen molar-refractivity contribution < 1.29 is 9.59 Å². The third kappa shape index (κ3) is 3.03. The molecule has 4 nitrogen and oxygen atoms in total. The van der Waals surface area contributed by atoms with Gasteiger partial charge in [-0.05, 0) is 32.4 Å². The SMILES string of the molecule is CC1CC(=O)NC(C)(C)C(=O)N1Cc1ccccc1Br. The van der Waals surface area contributed by atoms with Crippen LogP contribution in [-0.2, 0) is 16.1 Å². The quantitative estimate of drug-likeness (QED) is 0.900. The lowest BCUT2D eigenvalue weighted by Crippen LogP contribution is -2.53. The average Bonchev–Trinajstić information content (AvgIpc) is 2.41. The van der Waals surface area contributed by atoms with E-state index >= 15 is 0 Å². The van der Waals surface area contributed by atoms with Crippen LogP contribution >= 0.6 is 15.9 Å². The molecule has 20 heavy (non-hydrogen) atoms. The van der Waals surface area contributed by atoms with Gasteiger partial charge in [-0.15, -0.1) is 0 Å². The molecule has 2 rings (SSSR count). The Labute approximate surface area is 127 Å². The number of carbonyl (C=O) groups is 2. The molecule has 0 radical (unpaired) electrons. The van der Waals surface area contributed by atoms with Crippen molar-refractivity contribution in [2.75, 3.05) is 0 Å². The first-order valence-corrected chi connectivity index (χ1v) is 7.46. The number of nitrogens with one attached hydrogen (secondary N) is 1. The zero-order valence-electron chi connectivity index (χ0n) is 11.9. The molecule has 1 aliphatic heterocycles. The molecule has 1 atom stereocenters. The normalized spacial score (nSPS) is 22.4. The zero-order valence-corrected chi connectivity index (χ0v) is 13.5. The summed E-state index contributed by atoms with van der Waals surface area (Å²) in [5, 5.41) is 2.79. The van der Waals surface area contributed by atoms with E-state index in [-0.39, 0.29) is 17.9 Å². The van der Waals surface area contributed by atoms with E-state index < -0.39 is 5.54 Å². The Morgan fingerprint density at radius 2 is 2.00 bits per heavy atom. The fourth-order valence-electron chi connectivity index (χ4n) is 2.43. The van der Waals surface area contributed by atoms with Crippen molar-refractivity contribution in [3.8, 4) is 0 Å². The van der Waals surface area contributed by atoms with E-state index in [4.69, 9.17) is 0 Å². The highest BCUT2D eigenvalue weighted by Gasteiger charge is 2.39. The highest BCUT2D eigenvalue weighted by atomic mass is 79.9. The van der Waals surface area contributed by atoms with Gasteiger partial charge < -0.3 is 10.2 Å². The van der Waals surface area contributed by atoms with Crippen molar-refractivity contribution in [3.63, 3.8) is 0 Å². The van der Waals surface area contributed by atoms with E-state index in [0.717, 1.165) is 10.0 Å². The van der Waals surface area contributed by atoms with Crippen LogP contribution in [0.2, 0.25) is 0 Å². The first-order chi connectivity index (χ1) is 9.31. The van der Waals surface area contributed by atoms with Gasteiger partial charge in [0.25, 0.3) is 0 Å². The van der Waals surface area contributed by atoms with E-state index in [1.165, 1.54) is 0 Å². The number of halogens is 1. The third-order valence-electron chi connectivity index (χ3n) is 3.56. The largest absolute Gasteiger partial charge is 0.342 e.